The van der Waals surface area contributed by atoms with Crippen LogP contribution in [0.15, 0.2) is 47.1 Å². The molecule has 0 aliphatic carbocycles. The van der Waals surface area contributed by atoms with Crippen molar-refractivity contribution in [2.75, 3.05) is 5.32 Å². The highest BCUT2D eigenvalue weighted by Crippen LogP contribution is 2.26. The Balaban J connectivity index is 1.64. The molecule has 0 aliphatic heterocycles. The van der Waals surface area contributed by atoms with Crippen molar-refractivity contribution in [3.05, 3.63) is 57.6 Å². The number of carbonyl (C=O) groups excluding carboxylic acids is 1. The van der Waals surface area contributed by atoms with Crippen LogP contribution in [0.4, 0.5) is 13.9 Å². The molecule has 0 fully saturated rings. The fraction of sp³-hybridized carbons (Fsp3) is 0.0667. The summed E-state index contributed by atoms with van der Waals surface area (Å²) in [5.41, 5.74) is 0.233. The molecule has 1 N–H and O–H groups in total. The minimum Gasteiger partial charge on any atom is -0.439 e. The third kappa shape index (κ3) is 4.54. The number of aromatic nitrogens is 3. The number of nitrogens with one attached hydrogen (secondary N) is 1. The molecule has 0 bridgehead atoms. The van der Waals surface area contributed by atoms with Crippen LogP contribution >= 0.6 is 27.3 Å². The average molecular weight is 427 g/mol. The van der Waals surface area contributed by atoms with Crippen LogP contribution in [-0.2, 0) is 0 Å². The number of benzene rings is 1. The molecule has 2 heterocycles. The first-order valence-electron chi connectivity index (χ1n) is 6.83. The van der Waals surface area contributed by atoms with Gasteiger partial charge in [0.05, 0.1) is 5.56 Å². The van der Waals surface area contributed by atoms with Gasteiger partial charge in [-0.05, 0) is 30.3 Å². The first-order chi connectivity index (χ1) is 12.0. The summed E-state index contributed by atoms with van der Waals surface area (Å²) in [4.78, 5) is 16.1. The maximum atomic E-state index is 12.5. The molecule has 3 aromatic rings. The molecule has 6 nitrogen and oxygen atoms in total. The van der Waals surface area contributed by atoms with Gasteiger partial charge in [0.25, 0.3) is 12.3 Å². The lowest BCUT2D eigenvalue weighted by molar-refractivity contribution is 0.102. The number of alkyl halides is 2. The van der Waals surface area contributed by atoms with Gasteiger partial charge in [-0.3, -0.25) is 10.1 Å². The minimum absolute atomic E-state index is 0.00418. The number of carbonyl (C=O) groups is 1. The second-order valence-electron chi connectivity index (χ2n) is 4.64. The Morgan fingerprint density at radius 2 is 1.92 bits per heavy atom. The van der Waals surface area contributed by atoms with E-state index in [0.717, 1.165) is 4.47 Å². The summed E-state index contributed by atoms with van der Waals surface area (Å²) in [5.74, 6) is 0.385. The van der Waals surface area contributed by atoms with E-state index in [4.69, 9.17) is 4.74 Å². The van der Waals surface area contributed by atoms with Crippen molar-refractivity contribution in [1.82, 2.24) is 15.2 Å². The summed E-state index contributed by atoms with van der Waals surface area (Å²) in [6, 6.07) is 10.2. The monoisotopic (exact) mass is 426 g/mol. The number of hydrogen-bond donors (Lipinski definition) is 1. The van der Waals surface area contributed by atoms with Crippen molar-refractivity contribution in [3.8, 4) is 11.6 Å². The third-order valence-electron chi connectivity index (χ3n) is 2.88. The molecule has 25 heavy (non-hydrogen) atoms. The van der Waals surface area contributed by atoms with E-state index in [0.29, 0.717) is 23.0 Å². The largest absolute Gasteiger partial charge is 0.439 e. The van der Waals surface area contributed by atoms with Gasteiger partial charge >= 0.3 is 0 Å². The maximum Gasteiger partial charge on any atom is 0.291 e. The molecule has 0 saturated carbocycles. The number of anilines is 1. The molecule has 1 amide bonds. The lowest BCUT2D eigenvalue weighted by atomic mass is 10.3. The Morgan fingerprint density at radius 3 is 2.52 bits per heavy atom. The smallest absolute Gasteiger partial charge is 0.291 e. The third-order valence-corrected chi connectivity index (χ3v) is 4.26. The summed E-state index contributed by atoms with van der Waals surface area (Å²) < 4.78 is 31.4. The highest BCUT2D eigenvalue weighted by atomic mass is 79.9. The molecule has 0 aliphatic rings. The Bertz CT molecular complexity index is 872. The number of ether oxygens (including phenoxy) is 1. The number of pyridine rings is 1. The molecule has 0 radical (unpaired) electrons. The van der Waals surface area contributed by atoms with Crippen LogP contribution in [0.3, 0.4) is 0 Å². The van der Waals surface area contributed by atoms with Crippen LogP contribution in [0.5, 0.6) is 11.6 Å². The van der Waals surface area contributed by atoms with Gasteiger partial charge < -0.3 is 4.74 Å². The molecule has 3 rings (SSSR count). The standard InChI is InChI=1S/C15H9BrF2N4O2S/c16-9-2-4-10(5-3-9)24-11-6-1-8(7-19-11)13(23)20-15-22-21-14(25-15)12(17)18/h1-7,12H,(H,20,22,23). The average Bonchev–Trinajstić information content (AvgIpc) is 3.06. The normalized spacial score (nSPS) is 10.7. The zero-order chi connectivity index (χ0) is 17.8. The SMILES string of the molecule is O=C(Nc1nnc(C(F)F)s1)c1ccc(Oc2ccc(Br)cc2)nc1. The maximum absolute atomic E-state index is 12.5. The van der Waals surface area contributed by atoms with Crippen molar-refractivity contribution >= 4 is 38.3 Å². The molecule has 10 heteroatoms. The molecular weight excluding hydrogens is 418 g/mol. The van der Waals surface area contributed by atoms with Crippen LogP contribution in [0.25, 0.3) is 0 Å². The van der Waals surface area contributed by atoms with Crippen molar-refractivity contribution in [1.29, 1.82) is 0 Å². The van der Waals surface area contributed by atoms with Crippen molar-refractivity contribution in [2.24, 2.45) is 0 Å². The summed E-state index contributed by atoms with van der Waals surface area (Å²) in [6.45, 7) is 0. The van der Waals surface area contributed by atoms with E-state index < -0.39 is 17.3 Å². The lowest BCUT2D eigenvalue weighted by Gasteiger charge is -2.05. The van der Waals surface area contributed by atoms with Gasteiger partial charge in [0.1, 0.15) is 5.75 Å². The molecule has 1 aromatic carbocycles. The van der Waals surface area contributed by atoms with E-state index in [1.165, 1.54) is 18.3 Å². The molecule has 128 valence electrons. The molecule has 0 saturated heterocycles. The number of hydrogen-bond acceptors (Lipinski definition) is 6. The fourth-order valence-corrected chi connectivity index (χ4v) is 2.60. The van der Waals surface area contributed by atoms with E-state index in [9.17, 15) is 13.6 Å². The Morgan fingerprint density at radius 1 is 1.16 bits per heavy atom. The van der Waals surface area contributed by atoms with Crippen LogP contribution < -0.4 is 10.1 Å². The second-order valence-corrected chi connectivity index (χ2v) is 6.57. The minimum atomic E-state index is -2.72. The van der Waals surface area contributed by atoms with E-state index in [2.05, 4.69) is 36.4 Å². The van der Waals surface area contributed by atoms with Crippen molar-refractivity contribution in [2.45, 2.75) is 6.43 Å². The van der Waals surface area contributed by atoms with Gasteiger partial charge in [-0.1, -0.05) is 27.3 Å². The Hall–Kier alpha value is -2.46. The van der Waals surface area contributed by atoms with Crippen molar-refractivity contribution < 1.29 is 18.3 Å². The summed E-state index contributed by atoms with van der Waals surface area (Å²) in [6.07, 6.45) is -1.40. The van der Waals surface area contributed by atoms with Gasteiger partial charge in [0, 0.05) is 16.7 Å². The van der Waals surface area contributed by atoms with Crippen LogP contribution in [-0.4, -0.2) is 21.1 Å². The first-order valence-corrected chi connectivity index (χ1v) is 8.44. The van der Waals surface area contributed by atoms with Crippen LogP contribution in [0.2, 0.25) is 0 Å². The predicted molar refractivity (Wildman–Crippen MR) is 91.3 cm³/mol. The molecule has 0 spiro atoms. The Kier molecular flexibility index (Phi) is 5.29. The van der Waals surface area contributed by atoms with Crippen molar-refractivity contribution in [3.63, 3.8) is 0 Å². The van der Waals surface area contributed by atoms with Crippen LogP contribution in [0, 0.1) is 0 Å². The van der Waals surface area contributed by atoms with Gasteiger partial charge in [0.15, 0.2) is 5.01 Å². The highest BCUT2D eigenvalue weighted by Gasteiger charge is 2.16. The number of nitrogens with zero attached hydrogens (tertiary/aromatic N) is 3. The van der Waals surface area contributed by atoms with Gasteiger partial charge in [-0.2, -0.15) is 0 Å². The quantitative estimate of drug-likeness (QED) is 0.640. The highest BCUT2D eigenvalue weighted by molar-refractivity contribution is 9.10. The fourth-order valence-electron chi connectivity index (χ4n) is 1.74. The number of halogens is 3. The molecular formula is C15H9BrF2N4O2S. The van der Waals surface area contributed by atoms with Gasteiger partial charge in [0.2, 0.25) is 11.0 Å². The van der Waals surface area contributed by atoms with E-state index in [-0.39, 0.29) is 10.7 Å². The summed E-state index contributed by atoms with van der Waals surface area (Å²) >= 11 is 3.94. The molecule has 0 unspecified atom stereocenters. The zero-order valence-electron chi connectivity index (χ0n) is 12.3. The molecule has 2 aromatic heterocycles. The lowest BCUT2D eigenvalue weighted by Crippen LogP contribution is -2.12. The topological polar surface area (TPSA) is 77.0 Å². The second kappa shape index (κ2) is 7.62. The van der Waals surface area contributed by atoms with E-state index >= 15 is 0 Å². The van der Waals surface area contributed by atoms with Crippen LogP contribution in [0.1, 0.15) is 21.8 Å². The summed E-state index contributed by atoms with van der Waals surface area (Å²) in [5, 5.41) is 8.72. The Labute approximate surface area is 153 Å². The van der Waals surface area contributed by atoms with E-state index in [1.54, 1.807) is 12.1 Å². The summed E-state index contributed by atoms with van der Waals surface area (Å²) in [7, 11) is 0. The van der Waals surface area contributed by atoms with Gasteiger partial charge in [-0.15, -0.1) is 10.2 Å². The van der Waals surface area contributed by atoms with Gasteiger partial charge in [-0.25, -0.2) is 13.8 Å². The number of rotatable bonds is 5. The number of amides is 1. The zero-order valence-corrected chi connectivity index (χ0v) is 14.7. The predicted octanol–water partition coefficient (Wildman–Crippen LogP) is 4.68. The first kappa shape index (κ1) is 17.4. The molecule has 0 atom stereocenters. The van der Waals surface area contributed by atoms with E-state index in [1.807, 2.05) is 12.1 Å².